The zero-order valence-electron chi connectivity index (χ0n) is 17.2. The topological polar surface area (TPSA) is 75.7 Å². The number of amides is 1. The average Bonchev–Trinajstić information content (AvgIpc) is 2.78. The quantitative estimate of drug-likeness (QED) is 0.623. The predicted octanol–water partition coefficient (Wildman–Crippen LogP) is 4.37. The van der Waals surface area contributed by atoms with Crippen LogP contribution in [0.25, 0.3) is 0 Å². The van der Waals surface area contributed by atoms with Crippen LogP contribution in [0.1, 0.15) is 24.5 Å². The molecule has 1 N–H and O–H groups in total. The van der Waals surface area contributed by atoms with E-state index < -0.39 is 10.0 Å². The largest absolute Gasteiger partial charge is 0.489 e. The Bertz CT molecular complexity index is 1180. The van der Waals surface area contributed by atoms with Crippen LogP contribution in [0.4, 0.5) is 11.4 Å². The van der Waals surface area contributed by atoms with Crippen molar-refractivity contribution in [2.24, 2.45) is 0 Å². The smallest absolute Gasteiger partial charge is 0.261 e. The van der Waals surface area contributed by atoms with Gasteiger partial charge in [0.25, 0.3) is 10.0 Å². The van der Waals surface area contributed by atoms with E-state index in [0.29, 0.717) is 24.6 Å². The number of nitrogens with one attached hydrogen (secondary N) is 1. The Morgan fingerprint density at radius 3 is 2.48 bits per heavy atom. The zero-order valence-corrected chi connectivity index (χ0v) is 18.1. The third-order valence-electron chi connectivity index (χ3n) is 5.21. The third kappa shape index (κ3) is 4.88. The molecule has 0 aliphatic carbocycles. The van der Waals surface area contributed by atoms with Gasteiger partial charge in [-0.25, -0.2) is 8.42 Å². The van der Waals surface area contributed by atoms with Gasteiger partial charge in [-0.15, -0.1) is 0 Å². The van der Waals surface area contributed by atoms with Crippen LogP contribution in [0.2, 0.25) is 0 Å². The number of carbonyl (C=O) groups excluding carboxylic acids is 1. The van der Waals surface area contributed by atoms with Crippen molar-refractivity contribution in [3.05, 3.63) is 83.9 Å². The first-order valence-corrected chi connectivity index (χ1v) is 11.6. The molecule has 0 aromatic heterocycles. The van der Waals surface area contributed by atoms with Gasteiger partial charge in [0.05, 0.1) is 4.90 Å². The number of carbonyl (C=O) groups is 1. The van der Waals surface area contributed by atoms with Gasteiger partial charge in [0.2, 0.25) is 5.91 Å². The van der Waals surface area contributed by atoms with Gasteiger partial charge in [-0.2, -0.15) is 0 Å². The van der Waals surface area contributed by atoms with Crippen LogP contribution < -0.4 is 14.4 Å². The van der Waals surface area contributed by atoms with Gasteiger partial charge in [-0.05, 0) is 66.4 Å². The molecule has 3 aromatic carbocycles. The van der Waals surface area contributed by atoms with Gasteiger partial charge >= 0.3 is 0 Å². The van der Waals surface area contributed by atoms with Crippen LogP contribution >= 0.6 is 0 Å². The highest BCUT2D eigenvalue weighted by atomic mass is 32.2. The second kappa shape index (κ2) is 8.81. The molecule has 0 fully saturated rings. The number of ether oxygens (including phenoxy) is 1. The monoisotopic (exact) mass is 436 g/mol. The molecular formula is C24H24N2O4S. The predicted molar refractivity (Wildman–Crippen MR) is 121 cm³/mol. The summed E-state index contributed by atoms with van der Waals surface area (Å²) in [5.41, 5.74) is 3.17. The van der Waals surface area contributed by atoms with Crippen LogP contribution in [-0.2, 0) is 27.8 Å². The maximum atomic E-state index is 12.9. The lowest BCUT2D eigenvalue weighted by molar-refractivity contribution is -0.116. The Balaban J connectivity index is 1.45. The van der Waals surface area contributed by atoms with E-state index in [4.69, 9.17) is 4.74 Å². The highest BCUT2D eigenvalue weighted by molar-refractivity contribution is 7.92. The van der Waals surface area contributed by atoms with Crippen molar-refractivity contribution in [2.45, 2.75) is 31.3 Å². The van der Waals surface area contributed by atoms with E-state index in [-0.39, 0.29) is 10.8 Å². The fraction of sp³-hybridized carbons (Fsp3) is 0.208. The maximum absolute atomic E-state index is 12.9. The number of nitrogens with zero attached hydrogens (tertiary/aromatic N) is 1. The fourth-order valence-electron chi connectivity index (χ4n) is 3.64. The summed E-state index contributed by atoms with van der Waals surface area (Å²) < 4.78 is 34.1. The van der Waals surface area contributed by atoms with Crippen LogP contribution in [0, 0.1) is 0 Å². The van der Waals surface area contributed by atoms with Crippen molar-refractivity contribution >= 4 is 27.3 Å². The van der Waals surface area contributed by atoms with Gasteiger partial charge in [-0.1, -0.05) is 30.3 Å². The molecule has 0 atom stereocenters. The SMILES string of the molecule is CC(=O)N1CCCc2cc(S(=O)(=O)Nc3ccc(OCc4ccccc4)cc3)ccc21. The fourth-order valence-corrected chi connectivity index (χ4v) is 4.75. The van der Waals surface area contributed by atoms with Gasteiger partial charge in [0.1, 0.15) is 12.4 Å². The zero-order chi connectivity index (χ0) is 21.8. The highest BCUT2D eigenvalue weighted by Gasteiger charge is 2.23. The molecule has 0 saturated heterocycles. The number of fused-ring (bicyclic) bond motifs is 1. The molecule has 1 aliphatic heterocycles. The number of sulfonamides is 1. The summed E-state index contributed by atoms with van der Waals surface area (Å²) in [6.45, 7) is 2.62. The van der Waals surface area contributed by atoms with Crippen LogP contribution in [-0.4, -0.2) is 20.9 Å². The minimum absolute atomic E-state index is 0.0377. The number of hydrogen-bond donors (Lipinski definition) is 1. The molecule has 4 rings (SSSR count). The highest BCUT2D eigenvalue weighted by Crippen LogP contribution is 2.30. The lowest BCUT2D eigenvalue weighted by Crippen LogP contribution is -2.33. The summed E-state index contributed by atoms with van der Waals surface area (Å²) in [6, 6.07) is 21.6. The van der Waals surface area contributed by atoms with E-state index in [1.807, 2.05) is 30.3 Å². The molecule has 6 nitrogen and oxygen atoms in total. The van der Waals surface area contributed by atoms with Gasteiger partial charge in [-0.3, -0.25) is 9.52 Å². The van der Waals surface area contributed by atoms with Crippen molar-refractivity contribution in [2.75, 3.05) is 16.2 Å². The Hall–Kier alpha value is -3.32. The molecule has 31 heavy (non-hydrogen) atoms. The van der Waals surface area contributed by atoms with Gasteiger partial charge in [0, 0.05) is 24.8 Å². The maximum Gasteiger partial charge on any atom is 0.261 e. The summed E-state index contributed by atoms with van der Waals surface area (Å²) in [5, 5.41) is 0. The molecule has 0 radical (unpaired) electrons. The summed E-state index contributed by atoms with van der Waals surface area (Å²) >= 11 is 0. The normalized spacial score (nSPS) is 13.4. The Kier molecular flexibility index (Phi) is 5.95. The molecule has 0 saturated carbocycles. The van der Waals surface area contributed by atoms with Crippen molar-refractivity contribution < 1.29 is 17.9 Å². The lowest BCUT2D eigenvalue weighted by atomic mass is 10.0. The summed E-state index contributed by atoms with van der Waals surface area (Å²) in [5.74, 6) is 0.620. The van der Waals surface area contributed by atoms with Gasteiger partial charge < -0.3 is 9.64 Å². The first-order chi connectivity index (χ1) is 14.9. The Morgan fingerprint density at radius 1 is 1.03 bits per heavy atom. The minimum Gasteiger partial charge on any atom is -0.489 e. The summed E-state index contributed by atoms with van der Waals surface area (Å²) in [6.07, 6.45) is 1.56. The van der Waals surface area contributed by atoms with E-state index in [2.05, 4.69) is 4.72 Å². The van der Waals surface area contributed by atoms with E-state index in [1.54, 1.807) is 47.4 Å². The molecule has 1 aliphatic rings. The van der Waals surface area contributed by atoms with Crippen molar-refractivity contribution in [3.63, 3.8) is 0 Å². The minimum atomic E-state index is -3.75. The Morgan fingerprint density at radius 2 is 1.77 bits per heavy atom. The first kappa shape index (κ1) is 20.9. The molecule has 0 bridgehead atoms. The van der Waals surface area contributed by atoms with E-state index in [9.17, 15) is 13.2 Å². The number of aryl methyl sites for hydroxylation is 1. The Labute approximate surface area is 182 Å². The van der Waals surface area contributed by atoms with Crippen LogP contribution in [0.5, 0.6) is 5.75 Å². The second-order valence-electron chi connectivity index (χ2n) is 7.47. The van der Waals surface area contributed by atoms with Crippen molar-refractivity contribution in [1.29, 1.82) is 0 Å². The average molecular weight is 437 g/mol. The van der Waals surface area contributed by atoms with Crippen LogP contribution in [0.3, 0.4) is 0 Å². The molecule has 3 aromatic rings. The standard InChI is InChI=1S/C24H24N2O4S/c1-18(27)26-15-5-8-20-16-23(13-14-24(20)26)31(28,29)25-21-9-11-22(12-10-21)30-17-19-6-3-2-4-7-19/h2-4,6-7,9-14,16,25H,5,8,15,17H2,1H3. The number of hydrogen-bond acceptors (Lipinski definition) is 4. The molecule has 0 spiro atoms. The second-order valence-corrected chi connectivity index (χ2v) is 9.15. The number of anilines is 2. The summed E-state index contributed by atoms with van der Waals surface area (Å²) in [7, 11) is -3.75. The van der Waals surface area contributed by atoms with Gasteiger partial charge in [0.15, 0.2) is 0 Å². The molecule has 160 valence electrons. The van der Waals surface area contributed by atoms with E-state index >= 15 is 0 Å². The van der Waals surface area contributed by atoms with Crippen molar-refractivity contribution in [1.82, 2.24) is 0 Å². The molecule has 0 unspecified atom stereocenters. The van der Waals surface area contributed by atoms with Crippen molar-refractivity contribution in [3.8, 4) is 5.75 Å². The molecular weight excluding hydrogens is 412 g/mol. The lowest BCUT2D eigenvalue weighted by Gasteiger charge is -2.28. The number of rotatable bonds is 6. The van der Waals surface area contributed by atoms with E-state index in [0.717, 1.165) is 29.7 Å². The third-order valence-corrected chi connectivity index (χ3v) is 6.59. The van der Waals surface area contributed by atoms with Crippen LogP contribution in [0.15, 0.2) is 77.7 Å². The molecule has 1 heterocycles. The van der Waals surface area contributed by atoms with E-state index in [1.165, 1.54) is 6.92 Å². The summed E-state index contributed by atoms with van der Waals surface area (Å²) in [4.78, 5) is 13.7. The number of benzene rings is 3. The first-order valence-electron chi connectivity index (χ1n) is 10.1. The molecule has 7 heteroatoms. The molecule has 1 amide bonds.